The van der Waals surface area contributed by atoms with Crippen LogP contribution in [0, 0.1) is 11.2 Å². The number of carbonyl (C=O) groups excluding carboxylic acids is 5. The molecule has 2 rings (SSSR count). The van der Waals surface area contributed by atoms with Crippen molar-refractivity contribution in [3.05, 3.63) is 58.9 Å². The smallest absolute Gasteiger partial charge is 0.417 e. The fourth-order valence-corrected chi connectivity index (χ4v) is 4.14. The summed E-state index contributed by atoms with van der Waals surface area (Å²) >= 11 is 6.01. The number of halogens is 2. The Hall–Kier alpha value is -3.99. The Morgan fingerprint density at radius 2 is 1.44 bits per heavy atom. The molecule has 0 radical (unpaired) electrons. The van der Waals surface area contributed by atoms with E-state index in [1.165, 1.54) is 32.0 Å². The highest BCUT2D eigenvalue weighted by atomic mass is 35.5. The maximum absolute atomic E-state index is 14.3. The number of hydrogen-bond donors (Lipinski definition) is 1. The molecule has 0 heterocycles. The van der Waals surface area contributed by atoms with Crippen molar-refractivity contribution in [1.82, 2.24) is 5.32 Å². The van der Waals surface area contributed by atoms with Crippen molar-refractivity contribution < 1.29 is 47.3 Å². The van der Waals surface area contributed by atoms with Gasteiger partial charge in [-0.2, -0.15) is 0 Å². The first-order valence-corrected chi connectivity index (χ1v) is 13.3. The van der Waals surface area contributed by atoms with Gasteiger partial charge in [-0.3, -0.25) is 9.59 Å². The van der Waals surface area contributed by atoms with E-state index in [4.69, 9.17) is 25.8 Å². The predicted molar refractivity (Wildman–Crippen MR) is 146 cm³/mol. The molecule has 222 valence electrons. The van der Waals surface area contributed by atoms with Crippen molar-refractivity contribution in [1.29, 1.82) is 0 Å². The van der Waals surface area contributed by atoms with Crippen LogP contribution in [0.4, 0.5) is 4.39 Å². The Morgan fingerprint density at radius 3 is 2.05 bits per heavy atom. The molecule has 12 heteroatoms. The number of hydrogen-bond acceptors (Lipinski definition) is 9. The quantitative estimate of drug-likeness (QED) is 0.221. The summed E-state index contributed by atoms with van der Waals surface area (Å²) in [5.41, 5.74) is -0.00747. The third-order valence-corrected chi connectivity index (χ3v) is 6.14. The molecule has 41 heavy (non-hydrogen) atoms. The molecular formula is C29H33ClFNO9. The zero-order chi connectivity index (χ0) is 30.6. The van der Waals surface area contributed by atoms with Gasteiger partial charge >= 0.3 is 29.8 Å². The van der Waals surface area contributed by atoms with E-state index in [0.29, 0.717) is 21.7 Å². The average molecular weight is 594 g/mol. The SMILES string of the molecule is CCOC(=O)C(=O)N[C@H](Cc1ccc(-c2cc(Cl)ccc2F)cc1)C[C@@](C)(COC(=O)C(=O)OCC)C(=O)OCC. The normalized spacial score (nSPS) is 12.8. The van der Waals surface area contributed by atoms with Crippen LogP contribution in [0.3, 0.4) is 0 Å². The van der Waals surface area contributed by atoms with Crippen LogP contribution < -0.4 is 5.32 Å². The molecule has 1 amide bonds. The van der Waals surface area contributed by atoms with E-state index in [2.05, 4.69) is 10.1 Å². The van der Waals surface area contributed by atoms with Crippen molar-refractivity contribution in [2.24, 2.45) is 5.41 Å². The summed E-state index contributed by atoms with van der Waals surface area (Å²) < 4.78 is 34.0. The minimum atomic E-state index is -1.53. The van der Waals surface area contributed by atoms with Crippen molar-refractivity contribution in [3.63, 3.8) is 0 Å². The van der Waals surface area contributed by atoms with Crippen LogP contribution in [-0.4, -0.2) is 62.3 Å². The molecule has 0 fully saturated rings. The van der Waals surface area contributed by atoms with Gasteiger partial charge in [0, 0.05) is 16.6 Å². The Kier molecular flexibility index (Phi) is 12.7. The van der Waals surface area contributed by atoms with E-state index in [1.807, 2.05) is 0 Å². The molecule has 0 spiro atoms. The van der Waals surface area contributed by atoms with Crippen molar-refractivity contribution in [2.75, 3.05) is 26.4 Å². The first-order chi connectivity index (χ1) is 19.4. The van der Waals surface area contributed by atoms with Crippen LogP contribution in [0.15, 0.2) is 42.5 Å². The third kappa shape index (κ3) is 9.86. The van der Waals surface area contributed by atoms with E-state index in [1.54, 1.807) is 38.1 Å². The number of benzene rings is 2. The zero-order valence-corrected chi connectivity index (χ0v) is 24.0. The molecule has 0 aromatic heterocycles. The number of rotatable bonds is 12. The lowest BCUT2D eigenvalue weighted by molar-refractivity contribution is -0.173. The zero-order valence-electron chi connectivity index (χ0n) is 23.3. The fraction of sp³-hybridized carbons (Fsp3) is 0.414. The van der Waals surface area contributed by atoms with Gasteiger partial charge in [0.15, 0.2) is 0 Å². The summed E-state index contributed by atoms with van der Waals surface area (Å²) in [6, 6.07) is 10.1. The molecule has 0 unspecified atom stereocenters. The number of esters is 4. The maximum atomic E-state index is 14.3. The molecule has 0 aliphatic rings. The van der Waals surface area contributed by atoms with Gasteiger partial charge in [-0.1, -0.05) is 35.9 Å². The minimum Gasteiger partial charge on any atom is -0.465 e. The van der Waals surface area contributed by atoms with Gasteiger partial charge < -0.3 is 24.3 Å². The first kappa shape index (κ1) is 33.2. The van der Waals surface area contributed by atoms with Crippen LogP contribution in [0.1, 0.15) is 39.7 Å². The predicted octanol–water partition coefficient (Wildman–Crippen LogP) is 3.80. The van der Waals surface area contributed by atoms with Crippen LogP contribution in [0.5, 0.6) is 0 Å². The fourth-order valence-electron chi connectivity index (χ4n) is 3.96. The van der Waals surface area contributed by atoms with Crippen molar-refractivity contribution in [3.8, 4) is 11.1 Å². The third-order valence-electron chi connectivity index (χ3n) is 5.90. The van der Waals surface area contributed by atoms with Crippen LogP contribution >= 0.6 is 11.6 Å². The monoisotopic (exact) mass is 593 g/mol. The number of nitrogens with one attached hydrogen (secondary N) is 1. The van der Waals surface area contributed by atoms with Gasteiger partial charge in [-0.15, -0.1) is 0 Å². The highest BCUT2D eigenvalue weighted by Gasteiger charge is 2.40. The van der Waals surface area contributed by atoms with E-state index in [9.17, 15) is 28.4 Å². The summed E-state index contributed by atoms with van der Waals surface area (Å²) in [5.74, 6) is -5.87. The van der Waals surface area contributed by atoms with E-state index < -0.39 is 53.7 Å². The molecular weight excluding hydrogens is 561 g/mol. The molecule has 0 aliphatic heterocycles. The number of amides is 1. The lowest BCUT2D eigenvalue weighted by atomic mass is 9.82. The molecule has 0 bridgehead atoms. The van der Waals surface area contributed by atoms with Crippen molar-refractivity contribution in [2.45, 2.75) is 46.6 Å². The molecule has 2 atom stereocenters. The Morgan fingerprint density at radius 1 is 0.854 bits per heavy atom. The molecule has 10 nitrogen and oxygen atoms in total. The molecule has 2 aromatic carbocycles. The van der Waals surface area contributed by atoms with Crippen LogP contribution in [0.25, 0.3) is 11.1 Å². The van der Waals surface area contributed by atoms with E-state index >= 15 is 0 Å². The minimum absolute atomic E-state index is 0.0155. The second-order valence-corrected chi connectivity index (χ2v) is 9.63. The summed E-state index contributed by atoms with van der Waals surface area (Å²) in [6.07, 6.45) is -0.0397. The second-order valence-electron chi connectivity index (χ2n) is 9.20. The second kappa shape index (κ2) is 15.7. The number of ether oxygens (including phenoxy) is 4. The van der Waals surface area contributed by atoms with E-state index in [0.717, 1.165) is 0 Å². The maximum Gasteiger partial charge on any atom is 0.417 e. The summed E-state index contributed by atoms with van der Waals surface area (Å²) in [7, 11) is 0. The summed E-state index contributed by atoms with van der Waals surface area (Å²) in [6.45, 7) is 5.47. The largest absolute Gasteiger partial charge is 0.465 e. The average Bonchev–Trinajstić information content (AvgIpc) is 2.93. The Labute approximate surface area is 242 Å². The van der Waals surface area contributed by atoms with Gasteiger partial charge in [0.25, 0.3) is 0 Å². The van der Waals surface area contributed by atoms with Gasteiger partial charge in [-0.05, 0) is 69.9 Å². The standard InChI is InChI=1S/C29H33ClFNO9/c1-5-38-25(34)24(33)32-21(14-18-8-10-19(11-9-18)22-15-20(30)12-13-23(22)31)16-29(4,28(37)40-7-3)17-41-27(36)26(35)39-6-2/h8-13,15,21H,5-7,14,16-17H2,1-4H3,(H,32,33)/t21-,29+/m1/s1. The molecule has 1 N–H and O–H groups in total. The van der Waals surface area contributed by atoms with Gasteiger partial charge in [0.1, 0.15) is 17.8 Å². The van der Waals surface area contributed by atoms with E-state index in [-0.39, 0.29) is 32.7 Å². The Bertz CT molecular complexity index is 1250. The van der Waals surface area contributed by atoms with Crippen molar-refractivity contribution >= 4 is 41.4 Å². The highest BCUT2D eigenvalue weighted by molar-refractivity contribution is 6.32. The van der Waals surface area contributed by atoms with Crippen LogP contribution in [-0.2, 0) is 49.3 Å². The topological polar surface area (TPSA) is 134 Å². The lowest BCUT2D eigenvalue weighted by Gasteiger charge is -2.31. The summed E-state index contributed by atoms with van der Waals surface area (Å²) in [4.78, 5) is 61.3. The van der Waals surface area contributed by atoms with Gasteiger partial charge in [0.2, 0.25) is 0 Å². The van der Waals surface area contributed by atoms with Gasteiger partial charge in [0.05, 0.1) is 19.8 Å². The number of carbonyl (C=O) groups is 5. The molecule has 0 saturated heterocycles. The molecule has 2 aromatic rings. The molecule has 0 aliphatic carbocycles. The first-order valence-electron chi connectivity index (χ1n) is 13.0. The Balaban J connectivity index is 2.35. The highest BCUT2D eigenvalue weighted by Crippen LogP contribution is 2.29. The summed E-state index contributed by atoms with van der Waals surface area (Å²) in [5, 5.41) is 2.94. The van der Waals surface area contributed by atoms with Gasteiger partial charge in [-0.25, -0.2) is 18.8 Å². The molecule has 0 saturated carbocycles. The lowest BCUT2D eigenvalue weighted by Crippen LogP contribution is -2.47. The van der Waals surface area contributed by atoms with Crippen LogP contribution in [0.2, 0.25) is 5.02 Å².